The van der Waals surface area contributed by atoms with Crippen LogP contribution in [0.25, 0.3) is 0 Å². The van der Waals surface area contributed by atoms with Crippen molar-refractivity contribution < 1.29 is 4.79 Å². The predicted octanol–water partition coefficient (Wildman–Crippen LogP) is 1.32. The molecule has 0 saturated carbocycles. The molecule has 0 heterocycles. The Morgan fingerprint density at radius 1 is 1.62 bits per heavy atom. The van der Waals surface area contributed by atoms with Gasteiger partial charge in [0.2, 0.25) is 6.08 Å². The Kier molecular flexibility index (Phi) is 2.80. The number of nitrogens with zero attached hydrogens (tertiary/aromatic N) is 1. The Hall–Kier alpha value is -0.270. The Labute approximate surface area is 51.5 Å². The van der Waals surface area contributed by atoms with Crippen molar-refractivity contribution >= 4 is 16.3 Å². The molecule has 0 bridgehead atoms. The third-order valence-electron chi connectivity index (χ3n) is 0.991. The summed E-state index contributed by atoms with van der Waals surface area (Å²) >= 11 is 0. The summed E-state index contributed by atoms with van der Waals surface area (Å²) in [6.07, 6.45) is 5.54. The summed E-state index contributed by atoms with van der Waals surface area (Å²) in [5.74, 6) is 0.961. The third-order valence-corrected chi connectivity index (χ3v) is 2.97. The Balaban J connectivity index is 3.90. The van der Waals surface area contributed by atoms with Gasteiger partial charge in [-0.05, 0) is 18.3 Å². The monoisotopic (exact) mass is 133 g/mol. The van der Waals surface area contributed by atoms with Gasteiger partial charge in [-0.3, -0.25) is 0 Å². The minimum atomic E-state index is -0.968. The Bertz CT molecular complexity index is 116. The summed E-state index contributed by atoms with van der Waals surface area (Å²) in [5, 5.41) is 0. The highest BCUT2D eigenvalue weighted by Crippen LogP contribution is 2.39. The molecule has 0 spiro atoms. The summed E-state index contributed by atoms with van der Waals surface area (Å²) in [6.45, 7) is 2.02. The molecule has 0 N–H and O–H groups in total. The maximum absolute atomic E-state index is 9.71. The van der Waals surface area contributed by atoms with Crippen molar-refractivity contribution in [3.05, 3.63) is 0 Å². The van der Waals surface area contributed by atoms with Crippen molar-refractivity contribution in [1.82, 2.24) is 0 Å². The van der Waals surface area contributed by atoms with Gasteiger partial charge in [0, 0.05) is 0 Å². The SMILES string of the molecule is CCS(C)(C)N=C=O. The van der Waals surface area contributed by atoms with Gasteiger partial charge in [0.1, 0.15) is 0 Å². The molecule has 0 rings (SSSR count). The Morgan fingerprint density at radius 3 is 2.25 bits per heavy atom. The predicted molar refractivity (Wildman–Crippen MR) is 38.1 cm³/mol. The molecule has 0 aliphatic rings. The van der Waals surface area contributed by atoms with E-state index >= 15 is 0 Å². The topological polar surface area (TPSA) is 29.4 Å². The standard InChI is InChI=1S/C5H11NOS/c1-4-8(2,3)6-5-7/h4H2,1-3H3. The van der Waals surface area contributed by atoms with E-state index in [1.165, 1.54) is 0 Å². The van der Waals surface area contributed by atoms with Gasteiger partial charge in [-0.2, -0.15) is 4.40 Å². The van der Waals surface area contributed by atoms with E-state index in [1.807, 2.05) is 19.4 Å². The van der Waals surface area contributed by atoms with Crippen molar-refractivity contribution in [2.24, 2.45) is 4.40 Å². The Morgan fingerprint density at radius 2 is 2.12 bits per heavy atom. The maximum atomic E-state index is 9.71. The molecule has 0 fully saturated rings. The van der Waals surface area contributed by atoms with Gasteiger partial charge < -0.3 is 0 Å². The molecule has 0 aliphatic carbocycles. The zero-order valence-electron chi connectivity index (χ0n) is 5.47. The highest BCUT2D eigenvalue weighted by atomic mass is 32.3. The molecule has 48 valence electrons. The van der Waals surface area contributed by atoms with Crippen molar-refractivity contribution in [3.63, 3.8) is 0 Å². The number of rotatable bonds is 2. The van der Waals surface area contributed by atoms with Crippen molar-refractivity contribution in [3.8, 4) is 0 Å². The van der Waals surface area contributed by atoms with Gasteiger partial charge in [0.15, 0.2) is 0 Å². The zero-order valence-corrected chi connectivity index (χ0v) is 6.29. The maximum Gasteiger partial charge on any atom is 0.245 e. The van der Waals surface area contributed by atoms with Crippen LogP contribution in [0.1, 0.15) is 6.92 Å². The molecule has 0 aromatic rings. The first-order valence-electron chi connectivity index (χ1n) is 2.42. The van der Waals surface area contributed by atoms with E-state index in [2.05, 4.69) is 4.40 Å². The van der Waals surface area contributed by atoms with Crippen LogP contribution in [-0.4, -0.2) is 24.3 Å². The summed E-state index contributed by atoms with van der Waals surface area (Å²) in [5.41, 5.74) is 0. The van der Waals surface area contributed by atoms with Crippen LogP contribution in [0.3, 0.4) is 0 Å². The minimum absolute atomic E-state index is 0.961. The van der Waals surface area contributed by atoms with E-state index in [9.17, 15) is 4.79 Å². The van der Waals surface area contributed by atoms with Crippen LogP contribution in [0.5, 0.6) is 0 Å². The molecule has 8 heavy (non-hydrogen) atoms. The van der Waals surface area contributed by atoms with Gasteiger partial charge >= 0.3 is 0 Å². The fourth-order valence-electron chi connectivity index (χ4n) is 0.165. The van der Waals surface area contributed by atoms with E-state index < -0.39 is 10.2 Å². The zero-order chi connectivity index (χ0) is 6.62. The first kappa shape index (κ1) is 7.73. The quantitative estimate of drug-likeness (QED) is 0.412. The van der Waals surface area contributed by atoms with Crippen molar-refractivity contribution in [2.45, 2.75) is 6.92 Å². The molecule has 0 amide bonds. The van der Waals surface area contributed by atoms with Crippen LogP contribution in [0, 0.1) is 0 Å². The lowest BCUT2D eigenvalue weighted by Gasteiger charge is -2.19. The average molecular weight is 133 g/mol. The first-order valence-corrected chi connectivity index (χ1v) is 5.00. The van der Waals surface area contributed by atoms with Crippen LogP contribution in [-0.2, 0) is 4.79 Å². The molecule has 0 aromatic carbocycles. The summed E-state index contributed by atoms with van der Waals surface area (Å²) in [4.78, 5) is 9.71. The van der Waals surface area contributed by atoms with Gasteiger partial charge in [0.25, 0.3) is 0 Å². The molecule has 0 unspecified atom stereocenters. The van der Waals surface area contributed by atoms with Crippen LogP contribution < -0.4 is 0 Å². The lowest BCUT2D eigenvalue weighted by atomic mass is 11.0. The van der Waals surface area contributed by atoms with Crippen LogP contribution in [0.15, 0.2) is 4.40 Å². The first-order chi connectivity index (χ1) is 3.62. The van der Waals surface area contributed by atoms with E-state index in [-0.39, 0.29) is 0 Å². The van der Waals surface area contributed by atoms with Crippen molar-refractivity contribution in [2.75, 3.05) is 18.3 Å². The average Bonchev–Trinajstić information content (AvgIpc) is 1.67. The molecular weight excluding hydrogens is 122 g/mol. The molecule has 0 atom stereocenters. The number of carbonyl (C=O) groups excluding carboxylic acids is 1. The van der Waals surface area contributed by atoms with Gasteiger partial charge in [-0.15, -0.1) is 10.2 Å². The summed E-state index contributed by atoms with van der Waals surface area (Å²) in [7, 11) is -0.968. The number of hydrogen-bond donors (Lipinski definition) is 0. The van der Waals surface area contributed by atoms with Gasteiger partial charge in [-0.25, -0.2) is 4.79 Å². The molecule has 0 aromatic heterocycles. The summed E-state index contributed by atoms with van der Waals surface area (Å²) in [6, 6.07) is 0. The molecule has 0 radical (unpaired) electrons. The van der Waals surface area contributed by atoms with Crippen LogP contribution in [0.2, 0.25) is 0 Å². The van der Waals surface area contributed by atoms with E-state index in [0.717, 1.165) is 5.75 Å². The molecular formula is C5H11NOS. The second-order valence-corrected chi connectivity index (χ2v) is 5.67. The summed E-state index contributed by atoms with van der Waals surface area (Å²) < 4.78 is 3.65. The largest absolute Gasteiger partial charge is 0.245 e. The van der Waals surface area contributed by atoms with Crippen LogP contribution >= 0.6 is 10.2 Å². The van der Waals surface area contributed by atoms with Gasteiger partial charge in [0.05, 0.1) is 0 Å². The smallest absolute Gasteiger partial charge is 0.210 e. The highest BCUT2D eigenvalue weighted by Gasteiger charge is 2.03. The van der Waals surface area contributed by atoms with Crippen molar-refractivity contribution in [1.29, 1.82) is 0 Å². The van der Waals surface area contributed by atoms with Crippen LogP contribution in [0.4, 0.5) is 0 Å². The van der Waals surface area contributed by atoms with Gasteiger partial charge in [-0.1, -0.05) is 6.92 Å². The second kappa shape index (κ2) is 2.90. The molecule has 2 nitrogen and oxygen atoms in total. The number of isocyanates is 1. The lowest BCUT2D eigenvalue weighted by molar-refractivity contribution is 0.566. The fourth-order valence-corrected chi connectivity index (χ4v) is 0.496. The minimum Gasteiger partial charge on any atom is -0.210 e. The van der Waals surface area contributed by atoms with E-state index in [4.69, 9.17) is 0 Å². The molecule has 0 saturated heterocycles. The molecule has 3 heteroatoms. The third kappa shape index (κ3) is 2.83. The molecule has 0 aliphatic heterocycles. The number of hydrogen-bond acceptors (Lipinski definition) is 2. The fraction of sp³-hybridized carbons (Fsp3) is 0.800. The lowest BCUT2D eigenvalue weighted by Crippen LogP contribution is -1.91. The van der Waals surface area contributed by atoms with E-state index in [1.54, 1.807) is 6.08 Å². The highest BCUT2D eigenvalue weighted by molar-refractivity contribution is 8.31. The second-order valence-electron chi connectivity index (χ2n) is 1.95. The van der Waals surface area contributed by atoms with E-state index in [0.29, 0.717) is 0 Å². The normalized spacial score (nSPS) is 12.4.